The monoisotopic (exact) mass is 369 g/mol. The van der Waals surface area contributed by atoms with Crippen LogP contribution < -0.4 is 0 Å². The standard InChI is InChI=1S/C23H31NO3/c1-4-21(25)27-23(5-2)13-11-20-19-8-6-15-14-16(24-26)7-9-17(15)18(19)10-12-22(20,23)3/h2,14,17-20,26H,4,6-13H2,1,3H3/b24-16-/t17-,18+,19+,20-,22-,23?/m0/s1. The number of fused-ring (bicyclic) bond motifs is 5. The minimum Gasteiger partial charge on any atom is -0.445 e. The Balaban J connectivity index is 1.61. The van der Waals surface area contributed by atoms with E-state index in [-0.39, 0.29) is 11.4 Å². The largest absolute Gasteiger partial charge is 0.445 e. The molecular weight excluding hydrogens is 338 g/mol. The summed E-state index contributed by atoms with van der Waals surface area (Å²) in [5, 5.41) is 12.6. The van der Waals surface area contributed by atoms with E-state index in [2.05, 4.69) is 24.1 Å². The molecule has 4 aliphatic rings. The van der Waals surface area contributed by atoms with E-state index in [0.717, 1.165) is 50.7 Å². The second kappa shape index (κ2) is 6.69. The van der Waals surface area contributed by atoms with Gasteiger partial charge in [0.15, 0.2) is 5.60 Å². The topological polar surface area (TPSA) is 58.9 Å². The molecule has 0 aromatic heterocycles. The Kier molecular flexibility index (Phi) is 4.61. The van der Waals surface area contributed by atoms with Crippen molar-refractivity contribution in [3.8, 4) is 12.3 Å². The summed E-state index contributed by atoms with van der Waals surface area (Å²) in [6, 6.07) is 0. The Morgan fingerprint density at radius 3 is 2.81 bits per heavy atom. The highest BCUT2D eigenvalue weighted by atomic mass is 16.6. The van der Waals surface area contributed by atoms with Crippen molar-refractivity contribution < 1.29 is 14.7 Å². The van der Waals surface area contributed by atoms with Gasteiger partial charge in [0.1, 0.15) is 0 Å². The number of rotatable bonds is 2. The van der Waals surface area contributed by atoms with E-state index in [0.29, 0.717) is 30.1 Å². The molecule has 3 fully saturated rings. The normalized spacial score (nSPS) is 44.5. The quantitative estimate of drug-likeness (QED) is 0.332. The molecule has 0 radical (unpaired) electrons. The first kappa shape index (κ1) is 18.6. The Bertz CT molecular complexity index is 732. The van der Waals surface area contributed by atoms with Gasteiger partial charge in [-0.05, 0) is 81.1 Å². The van der Waals surface area contributed by atoms with Gasteiger partial charge in [-0.2, -0.15) is 0 Å². The number of terminal acetylenes is 1. The number of oxime groups is 1. The molecule has 0 aromatic carbocycles. The summed E-state index contributed by atoms with van der Waals surface area (Å²) in [6.07, 6.45) is 16.8. The van der Waals surface area contributed by atoms with Crippen LogP contribution in [-0.2, 0) is 9.53 Å². The highest BCUT2D eigenvalue weighted by Gasteiger charge is 2.64. The summed E-state index contributed by atoms with van der Waals surface area (Å²) in [5.41, 5.74) is 1.48. The van der Waals surface area contributed by atoms with Crippen molar-refractivity contribution in [3.63, 3.8) is 0 Å². The summed E-state index contributed by atoms with van der Waals surface area (Å²) in [6.45, 7) is 4.12. The van der Waals surface area contributed by atoms with Crippen molar-refractivity contribution >= 4 is 11.7 Å². The lowest BCUT2D eigenvalue weighted by Crippen LogP contribution is -2.53. The summed E-state index contributed by atoms with van der Waals surface area (Å²) >= 11 is 0. The van der Waals surface area contributed by atoms with Crippen LogP contribution in [-0.4, -0.2) is 22.5 Å². The van der Waals surface area contributed by atoms with Crippen LogP contribution in [0.5, 0.6) is 0 Å². The first-order valence-corrected chi connectivity index (χ1v) is 10.6. The predicted molar refractivity (Wildman–Crippen MR) is 104 cm³/mol. The number of nitrogens with zero attached hydrogens (tertiary/aromatic N) is 1. The van der Waals surface area contributed by atoms with E-state index in [4.69, 9.17) is 16.4 Å². The molecule has 0 bridgehead atoms. The van der Waals surface area contributed by atoms with Crippen LogP contribution in [0.25, 0.3) is 0 Å². The second-order valence-electron chi connectivity index (χ2n) is 9.22. The first-order valence-electron chi connectivity index (χ1n) is 10.6. The molecule has 4 nitrogen and oxygen atoms in total. The van der Waals surface area contributed by atoms with Crippen LogP contribution in [0.4, 0.5) is 0 Å². The highest BCUT2D eigenvalue weighted by Crippen LogP contribution is 2.65. The lowest BCUT2D eigenvalue weighted by Gasteiger charge is -2.55. The number of hydrogen-bond acceptors (Lipinski definition) is 4. The molecule has 4 aliphatic carbocycles. The fraction of sp³-hybridized carbons (Fsp3) is 0.739. The zero-order valence-corrected chi connectivity index (χ0v) is 16.5. The molecule has 146 valence electrons. The molecule has 27 heavy (non-hydrogen) atoms. The van der Waals surface area contributed by atoms with Gasteiger partial charge in [-0.1, -0.05) is 30.5 Å². The van der Waals surface area contributed by atoms with Gasteiger partial charge in [0, 0.05) is 11.8 Å². The van der Waals surface area contributed by atoms with Gasteiger partial charge in [-0.15, -0.1) is 6.42 Å². The fourth-order valence-corrected chi connectivity index (χ4v) is 6.97. The molecule has 0 aliphatic heterocycles. The maximum Gasteiger partial charge on any atom is 0.307 e. The predicted octanol–water partition coefficient (Wildman–Crippen LogP) is 4.71. The molecule has 0 amide bonds. The zero-order chi connectivity index (χ0) is 19.2. The molecule has 1 N–H and O–H groups in total. The maximum atomic E-state index is 12.1. The molecule has 4 rings (SSSR count). The van der Waals surface area contributed by atoms with Gasteiger partial charge in [0.25, 0.3) is 0 Å². The molecule has 0 spiro atoms. The van der Waals surface area contributed by atoms with E-state index >= 15 is 0 Å². The summed E-state index contributed by atoms with van der Waals surface area (Å²) in [5.74, 6) is 5.29. The van der Waals surface area contributed by atoms with Crippen molar-refractivity contribution in [1.82, 2.24) is 0 Å². The number of carbonyl (C=O) groups is 1. The molecule has 6 atom stereocenters. The molecular formula is C23H31NO3. The van der Waals surface area contributed by atoms with Gasteiger partial charge in [-0.25, -0.2) is 0 Å². The van der Waals surface area contributed by atoms with Crippen molar-refractivity contribution in [1.29, 1.82) is 0 Å². The third-order valence-corrected chi connectivity index (χ3v) is 8.37. The first-order chi connectivity index (χ1) is 13.0. The van der Waals surface area contributed by atoms with Crippen molar-refractivity contribution in [2.24, 2.45) is 34.2 Å². The van der Waals surface area contributed by atoms with Crippen LogP contribution >= 0.6 is 0 Å². The molecule has 0 heterocycles. The van der Waals surface area contributed by atoms with Crippen LogP contribution in [0.3, 0.4) is 0 Å². The third kappa shape index (κ3) is 2.65. The van der Waals surface area contributed by atoms with Gasteiger partial charge < -0.3 is 9.94 Å². The van der Waals surface area contributed by atoms with E-state index < -0.39 is 5.60 Å². The average Bonchev–Trinajstić information content (AvgIpc) is 2.99. The Morgan fingerprint density at radius 2 is 2.11 bits per heavy atom. The Labute approximate surface area is 162 Å². The van der Waals surface area contributed by atoms with Crippen LogP contribution in [0.2, 0.25) is 0 Å². The second-order valence-corrected chi connectivity index (χ2v) is 9.22. The molecule has 4 heteroatoms. The van der Waals surface area contributed by atoms with Gasteiger partial charge in [0.05, 0.1) is 5.71 Å². The van der Waals surface area contributed by atoms with E-state index in [1.165, 1.54) is 12.0 Å². The van der Waals surface area contributed by atoms with Gasteiger partial charge in [-0.3, -0.25) is 4.79 Å². The van der Waals surface area contributed by atoms with Gasteiger partial charge >= 0.3 is 5.97 Å². The van der Waals surface area contributed by atoms with Gasteiger partial charge in [0.2, 0.25) is 0 Å². The third-order valence-electron chi connectivity index (χ3n) is 8.37. The summed E-state index contributed by atoms with van der Waals surface area (Å²) in [4.78, 5) is 12.1. The number of hydrogen-bond donors (Lipinski definition) is 1. The van der Waals surface area contributed by atoms with E-state index in [1.807, 2.05) is 6.92 Å². The van der Waals surface area contributed by atoms with Crippen LogP contribution in [0.1, 0.15) is 71.6 Å². The molecule has 3 saturated carbocycles. The summed E-state index contributed by atoms with van der Waals surface area (Å²) < 4.78 is 5.95. The minimum absolute atomic E-state index is 0.110. The van der Waals surface area contributed by atoms with Crippen molar-refractivity contribution in [3.05, 3.63) is 11.6 Å². The highest BCUT2D eigenvalue weighted by molar-refractivity contribution is 5.96. The Hall–Kier alpha value is -1.76. The summed E-state index contributed by atoms with van der Waals surface area (Å²) in [7, 11) is 0. The maximum absolute atomic E-state index is 12.1. The van der Waals surface area contributed by atoms with E-state index in [9.17, 15) is 4.79 Å². The minimum atomic E-state index is -0.727. The number of allylic oxidation sites excluding steroid dienone is 2. The van der Waals surface area contributed by atoms with Crippen LogP contribution in [0, 0.1) is 41.4 Å². The number of ether oxygens (including phenoxy) is 1. The molecule has 1 unspecified atom stereocenters. The number of esters is 1. The molecule has 0 saturated heterocycles. The van der Waals surface area contributed by atoms with Crippen LogP contribution in [0.15, 0.2) is 16.8 Å². The lowest BCUT2D eigenvalue weighted by molar-refractivity contribution is -0.169. The molecule has 0 aromatic rings. The fourth-order valence-electron chi connectivity index (χ4n) is 6.97. The SMILES string of the molecule is C#CC1(OC(=O)CC)CC[C@H]2[C@@H]3CCC4=C/C(=N\O)CC[C@@H]4[C@H]3CC[C@@]21C. The van der Waals surface area contributed by atoms with Crippen molar-refractivity contribution in [2.45, 2.75) is 77.2 Å². The number of carbonyl (C=O) groups excluding carboxylic acids is 1. The Morgan fingerprint density at radius 1 is 1.30 bits per heavy atom. The zero-order valence-electron chi connectivity index (χ0n) is 16.5. The smallest absolute Gasteiger partial charge is 0.307 e. The average molecular weight is 370 g/mol. The van der Waals surface area contributed by atoms with Crippen molar-refractivity contribution in [2.75, 3.05) is 0 Å². The van der Waals surface area contributed by atoms with E-state index in [1.54, 1.807) is 0 Å². The lowest BCUT2D eigenvalue weighted by atomic mass is 9.50.